The van der Waals surface area contributed by atoms with Gasteiger partial charge in [0.15, 0.2) is 0 Å². The Hall–Kier alpha value is -1.90. The molecule has 0 aliphatic carbocycles. The number of ether oxygens (including phenoxy) is 1. The molecule has 1 unspecified atom stereocenters. The number of likely N-dealkylation sites (tertiary alicyclic amines) is 1. The lowest BCUT2D eigenvalue weighted by atomic mass is 10.1. The molecule has 8 heteroatoms. The van der Waals surface area contributed by atoms with Crippen LogP contribution in [0.5, 0.6) is 5.75 Å². The maximum absolute atomic E-state index is 13.3. The highest BCUT2D eigenvalue weighted by atomic mass is 32.2. The number of sulfonamides is 1. The highest BCUT2D eigenvalue weighted by Crippen LogP contribution is 2.37. The van der Waals surface area contributed by atoms with E-state index in [1.54, 1.807) is 23.5 Å². The van der Waals surface area contributed by atoms with Gasteiger partial charge < -0.3 is 9.64 Å². The SMILES string of the molecule is COc1ccc(C(=O)N2CCCC2c2ccc(C)s2)cc1S(=O)(=O)N1CCCC1. The van der Waals surface area contributed by atoms with Crippen LogP contribution in [0.2, 0.25) is 0 Å². The first-order valence-electron chi connectivity index (χ1n) is 9.97. The molecule has 4 rings (SSSR count). The summed E-state index contributed by atoms with van der Waals surface area (Å²) >= 11 is 1.72. The number of thiophene rings is 1. The van der Waals surface area contributed by atoms with Crippen LogP contribution in [0.4, 0.5) is 0 Å². The summed E-state index contributed by atoms with van der Waals surface area (Å²) in [4.78, 5) is 17.7. The molecule has 0 spiro atoms. The van der Waals surface area contributed by atoms with E-state index < -0.39 is 10.0 Å². The van der Waals surface area contributed by atoms with Crippen molar-refractivity contribution in [1.29, 1.82) is 0 Å². The fourth-order valence-corrected chi connectivity index (χ4v) is 6.91. The first-order chi connectivity index (χ1) is 13.9. The van der Waals surface area contributed by atoms with Gasteiger partial charge in [-0.05, 0) is 62.9 Å². The maximum atomic E-state index is 13.3. The van der Waals surface area contributed by atoms with E-state index in [1.165, 1.54) is 27.2 Å². The molecule has 1 amide bonds. The second-order valence-corrected chi connectivity index (χ2v) is 10.8. The fraction of sp³-hybridized carbons (Fsp3) is 0.476. The molecule has 0 N–H and O–H groups in total. The van der Waals surface area contributed by atoms with Crippen LogP contribution in [0, 0.1) is 6.92 Å². The van der Waals surface area contributed by atoms with E-state index in [0.29, 0.717) is 25.2 Å². The summed E-state index contributed by atoms with van der Waals surface area (Å²) in [6.45, 7) is 3.76. The molecule has 2 saturated heterocycles. The Morgan fingerprint density at radius 3 is 2.52 bits per heavy atom. The Labute approximate surface area is 176 Å². The van der Waals surface area contributed by atoms with E-state index in [1.807, 2.05) is 4.90 Å². The molecule has 1 aromatic carbocycles. The van der Waals surface area contributed by atoms with Gasteiger partial charge in [0.1, 0.15) is 10.6 Å². The Balaban J connectivity index is 1.67. The number of carbonyl (C=O) groups is 1. The average Bonchev–Trinajstić information content (AvgIpc) is 3.47. The molecule has 0 saturated carbocycles. The van der Waals surface area contributed by atoms with Crippen molar-refractivity contribution >= 4 is 27.3 Å². The monoisotopic (exact) mass is 434 g/mol. The summed E-state index contributed by atoms with van der Waals surface area (Å²) < 4.78 is 33.0. The molecule has 2 aliphatic heterocycles. The second-order valence-electron chi connectivity index (χ2n) is 7.58. The maximum Gasteiger partial charge on any atom is 0.254 e. The Morgan fingerprint density at radius 1 is 1.10 bits per heavy atom. The first kappa shape index (κ1) is 20.4. The lowest BCUT2D eigenvalue weighted by Gasteiger charge is -2.25. The largest absolute Gasteiger partial charge is 0.495 e. The summed E-state index contributed by atoms with van der Waals surface area (Å²) in [6.07, 6.45) is 3.59. The van der Waals surface area contributed by atoms with E-state index in [-0.39, 0.29) is 22.6 Å². The molecule has 1 aromatic heterocycles. The van der Waals surface area contributed by atoms with Crippen LogP contribution in [0.1, 0.15) is 51.8 Å². The highest BCUT2D eigenvalue weighted by Gasteiger charge is 2.34. The standard InChI is InChI=1S/C21H26N2O4S2/c1-15-7-10-19(28-15)17-6-5-13-23(17)21(24)16-8-9-18(27-2)20(14-16)29(25,26)22-11-3-4-12-22/h7-10,14,17H,3-6,11-13H2,1-2H3. The molecule has 1 atom stereocenters. The van der Waals surface area contributed by atoms with Crippen LogP contribution in [0.15, 0.2) is 35.2 Å². The Morgan fingerprint density at radius 2 is 1.86 bits per heavy atom. The minimum Gasteiger partial charge on any atom is -0.495 e. The van der Waals surface area contributed by atoms with Crippen molar-refractivity contribution < 1.29 is 17.9 Å². The smallest absolute Gasteiger partial charge is 0.254 e. The number of nitrogens with zero attached hydrogens (tertiary/aromatic N) is 2. The van der Waals surface area contributed by atoms with Crippen molar-refractivity contribution in [2.24, 2.45) is 0 Å². The third-order valence-electron chi connectivity index (χ3n) is 5.70. The highest BCUT2D eigenvalue weighted by molar-refractivity contribution is 7.89. The summed E-state index contributed by atoms with van der Waals surface area (Å²) in [7, 11) is -2.23. The Kier molecular flexibility index (Phi) is 5.68. The average molecular weight is 435 g/mol. The fourth-order valence-electron chi connectivity index (χ4n) is 4.18. The first-order valence-corrected chi connectivity index (χ1v) is 12.2. The number of hydrogen-bond donors (Lipinski definition) is 0. The number of carbonyl (C=O) groups excluding carboxylic acids is 1. The molecule has 2 fully saturated rings. The third-order valence-corrected chi connectivity index (χ3v) is 8.72. The third kappa shape index (κ3) is 3.81. The van der Waals surface area contributed by atoms with Crippen molar-refractivity contribution in [3.05, 3.63) is 45.6 Å². The zero-order valence-electron chi connectivity index (χ0n) is 16.8. The van der Waals surface area contributed by atoms with Crippen LogP contribution in [0.3, 0.4) is 0 Å². The topological polar surface area (TPSA) is 66.9 Å². The number of amides is 1. The van der Waals surface area contributed by atoms with Crippen LogP contribution >= 0.6 is 11.3 Å². The molecule has 0 radical (unpaired) electrons. The van der Waals surface area contributed by atoms with E-state index in [9.17, 15) is 13.2 Å². The number of rotatable bonds is 5. The van der Waals surface area contributed by atoms with Gasteiger partial charge in [0.2, 0.25) is 10.0 Å². The molecule has 156 valence electrons. The number of methoxy groups -OCH3 is 1. The molecule has 3 heterocycles. The lowest BCUT2D eigenvalue weighted by Crippen LogP contribution is -2.31. The minimum atomic E-state index is -3.68. The molecule has 0 bridgehead atoms. The number of benzene rings is 1. The van der Waals surface area contributed by atoms with Crippen LogP contribution in [-0.2, 0) is 10.0 Å². The summed E-state index contributed by atoms with van der Waals surface area (Å²) in [5.41, 5.74) is 0.392. The molecule has 29 heavy (non-hydrogen) atoms. The van der Waals surface area contributed by atoms with Gasteiger partial charge >= 0.3 is 0 Å². The van der Waals surface area contributed by atoms with E-state index >= 15 is 0 Å². The van der Waals surface area contributed by atoms with Gasteiger partial charge in [-0.25, -0.2) is 8.42 Å². The molecular formula is C21H26N2O4S2. The Bertz CT molecular complexity index is 1010. The van der Waals surface area contributed by atoms with E-state index in [0.717, 1.165) is 25.7 Å². The number of hydrogen-bond acceptors (Lipinski definition) is 5. The normalized spacial score (nSPS) is 20.3. The predicted octanol–water partition coefficient (Wildman–Crippen LogP) is 3.83. The van der Waals surface area contributed by atoms with E-state index in [4.69, 9.17) is 4.74 Å². The van der Waals surface area contributed by atoms with Crippen molar-refractivity contribution in [1.82, 2.24) is 9.21 Å². The molecule has 2 aromatic rings. The van der Waals surface area contributed by atoms with Crippen molar-refractivity contribution in [3.63, 3.8) is 0 Å². The summed E-state index contributed by atoms with van der Waals surface area (Å²) in [5.74, 6) is 0.152. The predicted molar refractivity (Wildman–Crippen MR) is 113 cm³/mol. The summed E-state index contributed by atoms with van der Waals surface area (Å²) in [6, 6.07) is 8.98. The second kappa shape index (κ2) is 8.08. The van der Waals surface area contributed by atoms with Crippen LogP contribution in [0.25, 0.3) is 0 Å². The minimum absolute atomic E-state index is 0.0574. The quantitative estimate of drug-likeness (QED) is 0.717. The van der Waals surface area contributed by atoms with E-state index in [2.05, 4.69) is 19.1 Å². The molecule has 6 nitrogen and oxygen atoms in total. The zero-order valence-corrected chi connectivity index (χ0v) is 18.4. The molecular weight excluding hydrogens is 408 g/mol. The number of aryl methyl sites for hydroxylation is 1. The summed E-state index contributed by atoms with van der Waals surface area (Å²) in [5, 5.41) is 0. The van der Waals surface area contributed by atoms with Gasteiger partial charge in [0, 0.05) is 35.0 Å². The van der Waals surface area contributed by atoms with Crippen LogP contribution < -0.4 is 4.74 Å². The van der Waals surface area contributed by atoms with Gasteiger partial charge in [0.05, 0.1) is 13.2 Å². The zero-order chi connectivity index (χ0) is 20.6. The van der Waals surface area contributed by atoms with Crippen LogP contribution in [-0.4, -0.2) is 50.3 Å². The van der Waals surface area contributed by atoms with Gasteiger partial charge in [-0.15, -0.1) is 11.3 Å². The van der Waals surface area contributed by atoms with Gasteiger partial charge in [-0.1, -0.05) is 0 Å². The van der Waals surface area contributed by atoms with Gasteiger partial charge in [-0.3, -0.25) is 4.79 Å². The van der Waals surface area contributed by atoms with Gasteiger partial charge in [-0.2, -0.15) is 4.31 Å². The lowest BCUT2D eigenvalue weighted by molar-refractivity contribution is 0.0737. The van der Waals surface area contributed by atoms with Crippen molar-refractivity contribution in [2.75, 3.05) is 26.7 Å². The molecule has 2 aliphatic rings. The van der Waals surface area contributed by atoms with Gasteiger partial charge in [0.25, 0.3) is 5.91 Å². The van der Waals surface area contributed by atoms with Crippen molar-refractivity contribution in [3.8, 4) is 5.75 Å². The van der Waals surface area contributed by atoms with Crippen molar-refractivity contribution in [2.45, 2.75) is 43.5 Å².